The molecule has 3 rings (SSSR count). The molecule has 0 spiro atoms. The third kappa shape index (κ3) is 3.00. The summed E-state index contributed by atoms with van der Waals surface area (Å²) in [6.45, 7) is 2.03. The van der Waals surface area contributed by atoms with Gasteiger partial charge in [-0.3, -0.25) is 4.79 Å². The summed E-state index contributed by atoms with van der Waals surface area (Å²) in [5, 5.41) is 3.21. The zero-order valence-corrected chi connectivity index (χ0v) is 13.9. The number of benzene rings is 1. The van der Waals surface area contributed by atoms with Crippen molar-refractivity contribution in [2.45, 2.75) is 56.1 Å². The van der Waals surface area contributed by atoms with Crippen molar-refractivity contribution in [3.05, 3.63) is 35.6 Å². The number of nitrogens with zero attached hydrogens (tertiary/aromatic N) is 1. The predicted molar refractivity (Wildman–Crippen MR) is 88.5 cm³/mol. The zero-order chi connectivity index (χ0) is 16.6. The Morgan fingerprint density at radius 1 is 1.30 bits per heavy atom. The monoisotopic (exact) mass is 319 g/mol. The molecule has 4 nitrogen and oxygen atoms in total. The van der Waals surface area contributed by atoms with E-state index in [1.807, 2.05) is 6.92 Å². The van der Waals surface area contributed by atoms with Gasteiger partial charge in [0.1, 0.15) is 5.82 Å². The van der Waals surface area contributed by atoms with Gasteiger partial charge in [-0.1, -0.05) is 12.1 Å². The Morgan fingerprint density at radius 3 is 2.39 bits per heavy atom. The Kier molecular flexibility index (Phi) is 4.43. The number of halogens is 1. The number of piperidine rings is 1. The molecule has 2 bridgehead atoms. The molecule has 5 heteroatoms. The van der Waals surface area contributed by atoms with Crippen LogP contribution in [0.2, 0.25) is 0 Å². The minimum absolute atomic E-state index is 0.0550. The Balaban J connectivity index is 1.72. The van der Waals surface area contributed by atoms with Gasteiger partial charge < -0.3 is 16.0 Å². The quantitative estimate of drug-likeness (QED) is 0.889. The largest absolute Gasteiger partial charge is 0.352 e. The summed E-state index contributed by atoms with van der Waals surface area (Å²) < 4.78 is 13.1. The number of nitrogens with two attached hydrogens (primary N) is 1. The molecule has 0 aliphatic carbocycles. The average Bonchev–Trinajstić information content (AvgIpc) is 2.76. The molecular weight excluding hydrogens is 293 g/mol. The Labute approximate surface area is 137 Å². The van der Waals surface area contributed by atoms with Crippen LogP contribution >= 0.6 is 0 Å². The van der Waals surface area contributed by atoms with Gasteiger partial charge in [-0.05, 0) is 57.4 Å². The average molecular weight is 319 g/mol. The van der Waals surface area contributed by atoms with E-state index in [0.717, 1.165) is 18.4 Å². The first-order valence-electron chi connectivity index (χ1n) is 8.43. The second kappa shape index (κ2) is 6.21. The molecule has 2 aliphatic rings. The lowest BCUT2D eigenvalue weighted by Gasteiger charge is -2.38. The lowest BCUT2D eigenvalue weighted by Crippen LogP contribution is -2.54. The van der Waals surface area contributed by atoms with Crippen LogP contribution in [-0.4, -0.2) is 42.5 Å². The first kappa shape index (κ1) is 16.4. The molecule has 23 heavy (non-hydrogen) atoms. The number of carbonyl (C=O) groups is 1. The SMILES string of the molecule is CN1C2CCC1CC(NC(=O)C(C)(CN)c1ccc(F)cc1)C2. The molecule has 1 aromatic rings. The number of hydrogen-bond acceptors (Lipinski definition) is 3. The van der Waals surface area contributed by atoms with Crippen molar-refractivity contribution in [3.8, 4) is 0 Å². The molecule has 1 aromatic carbocycles. The van der Waals surface area contributed by atoms with Crippen molar-refractivity contribution in [1.82, 2.24) is 10.2 Å². The molecule has 3 unspecified atom stereocenters. The van der Waals surface area contributed by atoms with Gasteiger partial charge >= 0.3 is 0 Å². The van der Waals surface area contributed by atoms with Crippen molar-refractivity contribution in [3.63, 3.8) is 0 Å². The van der Waals surface area contributed by atoms with Gasteiger partial charge in [-0.2, -0.15) is 0 Å². The Hall–Kier alpha value is -1.46. The summed E-state index contributed by atoms with van der Waals surface area (Å²) in [4.78, 5) is 15.3. The van der Waals surface area contributed by atoms with Crippen LogP contribution < -0.4 is 11.1 Å². The highest BCUT2D eigenvalue weighted by Gasteiger charge is 2.41. The Bertz CT molecular complexity index is 562. The van der Waals surface area contributed by atoms with E-state index in [2.05, 4.69) is 17.3 Å². The van der Waals surface area contributed by atoms with Crippen molar-refractivity contribution >= 4 is 5.91 Å². The fourth-order valence-electron chi connectivity index (χ4n) is 4.03. The maximum absolute atomic E-state index is 13.1. The summed E-state index contributed by atoms with van der Waals surface area (Å²) >= 11 is 0. The first-order chi connectivity index (χ1) is 10.9. The molecule has 2 fully saturated rings. The smallest absolute Gasteiger partial charge is 0.231 e. The molecule has 3 atom stereocenters. The van der Waals surface area contributed by atoms with Crippen LogP contribution in [0.5, 0.6) is 0 Å². The standard InChI is InChI=1S/C18H26FN3O/c1-18(11-20,12-3-5-13(19)6-4-12)17(23)21-14-9-15-7-8-16(10-14)22(15)2/h3-6,14-16H,7-11,20H2,1-2H3,(H,21,23). The van der Waals surface area contributed by atoms with Crippen LogP contribution in [0.4, 0.5) is 4.39 Å². The molecule has 2 aliphatic heterocycles. The van der Waals surface area contributed by atoms with Gasteiger partial charge in [0, 0.05) is 24.7 Å². The highest BCUT2D eigenvalue weighted by molar-refractivity contribution is 5.88. The van der Waals surface area contributed by atoms with E-state index in [0.29, 0.717) is 12.1 Å². The number of nitrogens with one attached hydrogen (secondary N) is 1. The molecular formula is C18H26FN3O. The van der Waals surface area contributed by atoms with E-state index in [4.69, 9.17) is 5.73 Å². The normalized spacial score (nSPS) is 30.0. The van der Waals surface area contributed by atoms with Gasteiger partial charge in [-0.15, -0.1) is 0 Å². The number of rotatable bonds is 4. The summed E-state index contributed by atoms with van der Waals surface area (Å²) in [6.07, 6.45) is 4.45. The van der Waals surface area contributed by atoms with Crippen molar-refractivity contribution in [2.24, 2.45) is 5.73 Å². The fraction of sp³-hybridized carbons (Fsp3) is 0.611. The number of hydrogen-bond donors (Lipinski definition) is 2. The third-order valence-corrected chi connectivity index (χ3v) is 5.82. The summed E-state index contributed by atoms with van der Waals surface area (Å²) in [6, 6.07) is 7.43. The molecule has 2 saturated heterocycles. The van der Waals surface area contributed by atoms with E-state index in [1.54, 1.807) is 12.1 Å². The van der Waals surface area contributed by atoms with Crippen LogP contribution in [0.3, 0.4) is 0 Å². The molecule has 126 valence electrons. The lowest BCUT2D eigenvalue weighted by molar-refractivity contribution is -0.127. The maximum Gasteiger partial charge on any atom is 0.231 e. The summed E-state index contributed by atoms with van der Waals surface area (Å²) in [5.41, 5.74) is 5.85. The van der Waals surface area contributed by atoms with Gasteiger partial charge in [0.25, 0.3) is 0 Å². The van der Waals surface area contributed by atoms with E-state index in [1.165, 1.54) is 25.0 Å². The van der Waals surface area contributed by atoms with Gasteiger partial charge in [0.05, 0.1) is 5.41 Å². The number of fused-ring (bicyclic) bond motifs is 2. The zero-order valence-electron chi connectivity index (χ0n) is 13.9. The summed E-state index contributed by atoms with van der Waals surface area (Å²) in [5.74, 6) is -0.360. The lowest BCUT2D eigenvalue weighted by atomic mass is 9.81. The molecule has 1 amide bonds. The van der Waals surface area contributed by atoms with Crippen LogP contribution in [-0.2, 0) is 10.2 Å². The molecule has 0 saturated carbocycles. The topological polar surface area (TPSA) is 58.4 Å². The number of carbonyl (C=O) groups excluding carboxylic acids is 1. The maximum atomic E-state index is 13.1. The highest BCUT2D eigenvalue weighted by Crippen LogP contribution is 2.34. The van der Waals surface area contributed by atoms with Crippen molar-refractivity contribution in [2.75, 3.05) is 13.6 Å². The van der Waals surface area contributed by atoms with Gasteiger partial charge in [0.2, 0.25) is 5.91 Å². The van der Waals surface area contributed by atoms with E-state index in [9.17, 15) is 9.18 Å². The molecule has 0 radical (unpaired) electrons. The van der Waals surface area contributed by atoms with Gasteiger partial charge in [-0.25, -0.2) is 4.39 Å². The van der Waals surface area contributed by atoms with Crippen LogP contribution in [0.25, 0.3) is 0 Å². The Morgan fingerprint density at radius 2 is 1.87 bits per heavy atom. The van der Waals surface area contributed by atoms with E-state index in [-0.39, 0.29) is 24.3 Å². The first-order valence-corrected chi connectivity index (χ1v) is 8.43. The van der Waals surface area contributed by atoms with E-state index < -0.39 is 5.41 Å². The summed E-state index contributed by atoms with van der Waals surface area (Å²) in [7, 11) is 2.18. The second-order valence-corrected chi connectivity index (χ2v) is 7.24. The second-order valence-electron chi connectivity index (χ2n) is 7.24. The van der Waals surface area contributed by atoms with Gasteiger partial charge in [0.15, 0.2) is 0 Å². The molecule has 2 heterocycles. The minimum Gasteiger partial charge on any atom is -0.352 e. The van der Waals surface area contributed by atoms with Crippen LogP contribution in [0, 0.1) is 5.82 Å². The minimum atomic E-state index is -0.823. The highest BCUT2D eigenvalue weighted by atomic mass is 19.1. The third-order valence-electron chi connectivity index (χ3n) is 5.82. The van der Waals surface area contributed by atoms with Crippen LogP contribution in [0.15, 0.2) is 24.3 Å². The fourth-order valence-corrected chi connectivity index (χ4v) is 4.03. The molecule has 3 N–H and O–H groups in total. The van der Waals surface area contributed by atoms with Crippen molar-refractivity contribution in [1.29, 1.82) is 0 Å². The van der Waals surface area contributed by atoms with Crippen LogP contribution in [0.1, 0.15) is 38.2 Å². The molecule has 0 aromatic heterocycles. The van der Waals surface area contributed by atoms with E-state index >= 15 is 0 Å². The number of amides is 1. The van der Waals surface area contributed by atoms with Crippen molar-refractivity contribution < 1.29 is 9.18 Å². The predicted octanol–water partition coefficient (Wildman–Crippen LogP) is 1.78.